The first kappa shape index (κ1) is 18.3. The van der Waals surface area contributed by atoms with Crippen LogP contribution in [0, 0.1) is 11.3 Å². The highest BCUT2D eigenvalue weighted by atomic mass is 16.3. The fourth-order valence-electron chi connectivity index (χ4n) is 3.22. The summed E-state index contributed by atoms with van der Waals surface area (Å²) in [6.07, 6.45) is 8.71. The van der Waals surface area contributed by atoms with E-state index in [4.69, 9.17) is 9.68 Å². The minimum absolute atomic E-state index is 0.228. The zero-order valence-corrected chi connectivity index (χ0v) is 15.6. The minimum Gasteiger partial charge on any atom is -0.444 e. The molecule has 0 unspecified atom stereocenters. The summed E-state index contributed by atoms with van der Waals surface area (Å²) in [7, 11) is 0. The van der Waals surface area contributed by atoms with Gasteiger partial charge in [-0.2, -0.15) is 5.26 Å². The third kappa shape index (κ3) is 4.09. The van der Waals surface area contributed by atoms with Crippen LogP contribution in [-0.4, -0.2) is 15.5 Å². The number of para-hydroxylation sites is 1. The van der Waals surface area contributed by atoms with Gasteiger partial charge in [-0.1, -0.05) is 30.3 Å². The number of nitrogens with zero attached hydrogens (tertiary/aromatic N) is 3. The monoisotopic (exact) mass is 382 g/mol. The van der Waals surface area contributed by atoms with E-state index in [9.17, 15) is 4.79 Å². The number of nitrogens with one attached hydrogen (secondary N) is 1. The van der Waals surface area contributed by atoms with Gasteiger partial charge in [0.15, 0.2) is 12.2 Å². The summed E-state index contributed by atoms with van der Waals surface area (Å²) in [5, 5.41) is 12.8. The molecule has 0 saturated carbocycles. The number of carbonyl (C=O) groups is 1. The maximum atomic E-state index is 12.4. The molecule has 142 valence electrons. The lowest BCUT2D eigenvalue weighted by Gasteiger charge is -2.03. The molecule has 6 nitrogen and oxygen atoms in total. The van der Waals surface area contributed by atoms with E-state index in [-0.39, 0.29) is 5.91 Å². The van der Waals surface area contributed by atoms with Gasteiger partial charge >= 0.3 is 0 Å². The fourth-order valence-corrected chi connectivity index (χ4v) is 3.22. The molecule has 4 aromatic rings. The molecule has 0 atom stereocenters. The molecule has 6 heteroatoms. The maximum Gasteiger partial charge on any atom is 0.248 e. The first-order valence-corrected chi connectivity index (χ1v) is 9.17. The van der Waals surface area contributed by atoms with Gasteiger partial charge in [0.2, 0.25) is 5.91 Å². The Morgan fingerprint density at radius 1 is 1.24 bits per heavy atom. The van der Waals surface area contributed by atoms with Crippen LogP contribution in [0.4, 0.5) is 5.69 Å². The first-order valence-electron chi connectivity index (χ1n) is 9.17. The summed E-state index contributed by atoms with van der Waals surface area (Å²) in [6, 6.07) is 17.5. The average Bonchev–Trinajstić information content (AvgIpc) is 3.40. The molecule has 0 spiro atoms. The quantitative estimate of drug-likeness (QED) is 0.483. The van der Waals surface area contributed by atoms with Crippen LogP contribution >= 0.6 is 0 Å². The van der Waals surface area contributed by atoms with E-state index in [1.807, 2.05) is 59.3 Å². The Balaban J connectivity index is 1.52. The van der Waals surface area contributed by atoms with Gasteiger partial charge < -0.3 is 14.3 Å². The van der Waals surface area contributed by atoms with Crippen LogP contribution in [0.1, 0.15) is 12.0 Å². The summed E-state index contributed by atoms with van der Waals surface area (Å²) < 4.78 is 7.33. The highest BCUT2D eigenvalue weighted by Crippen LogP contribution is 2.24. The van der Waals surface area contributed by atoms with Crippen LogP contribution in [0.25, 0.3) is 28.3 Å². The predicted octanol–water partition coefficient (Wildman–Crippen LogP) is 4.86. The molecule has 2 aromatic heterocycles. The topological polar surface area (TPSA) is 83.9 Å². The molecular weight excluding hydrogens is 364 g/mol. The van der Waals surface area contributed by atoms with Gasteiger partial charge in [-0.3, -0.25) is 4.79 Å². The van der Waals surface area contributed by atoms with E-state index in [1.165, 1.54) is 12.5 Å². The van der Waals surface area contributed by atoms with Crippen LogP contribution in [0.5, 0.6) is 0 Å². The van der Waals surface area contributed by atoms with Crippen molar-refractivity contribution in [3.8, 4) is 17.4 Å². The van der Waals surface area contributed by atoms with E-state index < -0.39 is 0 Å². The molecule has 0 aliphatic rings. The SMILES string of the molecule is N#CCCn1cc(/C=C/C(=O)Nc2cccc(-c3cnco3)c2)c2ccccc21. The third-order valence-electron chi connectivity index (χ3n) is 4.55. The second kappa shape index (κ2) is 8.28. The summed E-state index contributed by atoms with van der Waals surface area (Å²) in [5.74, 6) is 0.412. The van der Waals surface area contributed by atoms with Gasteiger partial charge in [-0.15, -0.1) is 0 Å². The van der Waals surface area contributed by atoms with Crippen LogP contribution in [0.15, 0.2) is 77.8 Å². The van der Waals surface area contributed by atoms with E-state index in [0.29, 0.717) is 24.4 Å². The fraction of sp³-hybridized carbons (Fsp3) is 0.0870. The number of amides is 1. The number of oxazole rings is 1. The van der Waals surface area contributed by atoms with E-state index in [0.717, 1.165) is 22.0 Å². The smallest absolute Gasteiger partial charge is 0.248 e. The number of benzene rings is 2. The molecule has 29 heavy (non-hydrogen) atoms. The van der Waals surface area contributed by atoms with Crippen molar-refractivity contribution in [1.82, 2.24) is 9.55 Å². The first-order chi connectivity index (χ1) is 14.2. The van der Waals surface area contributed by atoms with Crippen molar-refractivity contribution in [2.45, 2.75) is 13.0 Å². The number of carbonyl (C=O) groups excluding carboxylic acids is 1. The molecule has 1 amide bonds. The van der Waals surface area contributed by atoms with E-state index >= 15 is 0 Å². The molecule has 0 bridgehead atoms. The Morgan fingerprint density at radius 3 is 2.97 bits per heavy atom. The van der Waals surface area contributed by atoms with Crippen molar-refractivity contribution in [2.75, 3.05) is 5.32 Å². The number of aromatic nitrogens is 2. The molecule has 2 aromatic carbocycles. The summed E-state index contributed by atoms with van der Waals surface area (Å²) >= 11 is 0. The maximum absolute atomic E-state index is 12.4. The lowest BCUT2D eigenvalue weighted by molar-refractivity contribution is -0.111. The zero-order chi connectivity index (χ0) is 20.1. The van der Waals surface area contributed by atoms with Gasteiger partial charge in [-0.25, -0.2) is 4.98 Å². The lowest BCUT2D eigenvalue weighted by Crippen LogP contribution is -2.07. The number of rotatable bonds is 6. The van der Waals surface area contributed by atoms with Gasteiger partial charge in [0.1, 0.15) is 0 Å². The molecule has 0 aliphatic carbocycles. The molecule has 0 aliphatic heterocycles. The molecule has 0 saturated heterocycles. The summed E-state index contributed by atoms with van der Waals surface area (Å²) in [6.45, 7) is 0.617. The normalized spacial score (nSPS) is 11.0. The molecule has 1 N–H and O–H groups in total. The van der Waals surface area contributed by atoms with Crippen molar-refractivity contribution in [2.24, 2.45) is 0 Å². The second-order valence-electron chi connectivity index (χ2n) is 6.47. The third-order valence-corrected chi connectivity index (χ3v) is 4.55. The Morgan fingerprint density at radius 2 is 2.14 bits per heavy atom. The number of hydrogen-bond donors (Lipinski definition) is 1. The highest BCUT2D eigenvalue weighted by molar-refractivity contribution is 6.03. The van der Waals surface area contributed by atoms with Crippen molar-refractivity contribution in [1.29, 1.82) is 5.26 Å². The minimum atomic E-state index is -0.228. The van der Waals surface area contributed by atoms with Gasteiger partial charge in [0.05, 0.1) is 18.7 Å². The molecule has 4 rings (SSSR count). The van der Waals surface area contributed by atoms with Crippen molar-refractivity contribution < 1.29 is 9.21 Å². The molecule has 2 heterocycles. The highest BCUT2D eigenvalue weighted by Gasteiger charge is 2.07. The Labute approximate surface area is 167 Å². The van der Waals surface area contributed by atoms with Gasteiger partial charge in [-0.05, 0) is 24.3 Å². The Bertz CT molecular complexity index is 1210. The molecule has 0 fully saturated rings. The van der Waals surface area contributed by atoms with E-state index in [2.05, 4.69) is 16.4 Å². The molecular formula is C23H18N4O2. The summed E-state index contributed by atoms with van der Waals surface area (Å²) in [4.78, 5) is 16.3. The predicted molar refractivity (Wildman–Crippen MR) is 112 cm³/mol. The van der Waals surface area contributed by atoms with E-state index in [1.54, 1.807) is 12.3 Å². The second-order valence-corrected chi connectivity index (χ2v) is 6.47. The lowest BCUT2D eigenvalue weighted by atomic mass is 10.1. The van der Waals surface area contributed by atoms with Gasteiger partial charge in [0, 0.05) is 46.5 Å². The van der Waals surface area contributed by atoms with Gasteiger partial charge in [0.25, 0.3) is 0 Å². The van der Waals surface area contributed by atoms with Crippen LogP contribution < -0.4 is 5.32 Å². The standard InChI is InChI=1S/C23H18N4O2/c24-11-4-12-27-15-18(20-7-1-2-8-21(20)27)9-10-23(28)26-19-6-3-5-17(13-19)22-14-25-16-29-22/h1-3,5-10,13-16H,4,12H2,(H,26,28)/b10-9+. The van der Waals surface area contributed by atoms with Crippen molar-refractivity contribution in [3.05, 3.63) is 79.0 Å². The Kier molecular flexibility index (Phi) is 5.21. The number of anilines is 1. The average molecular weight is 382 g/mol. The van der Waals surface area contributed by atoms with Crippen molar-refractivity contribution in [3.63, 3.8) is 0 Å². The number of nitriles is 1. The van der Waals surface area contributed by atoms with Crippen molar-refractivity contribution >= 4 is 28.6 Å². The Hall–Kier alpha value is -4.11. The van der Waals surface area contributed by atoms with Crippen LogP contribution in [0.2, 0.25) is 0 Å². The number of aryl methyl sites for hydroxylation is 1. The number of fused-ring (bicyclic) bond motifs is 1. The number of hydrogen-bond acceptors (Lipinski definition) is 4. The summed E-state index contributed by atoms with van der Waals surface area (Å²) in [5.41, 5.74) is 3.49. The van der Waals surface area contributed by atoms with Crippen LogP contribution in [-0.2, 0) is 11.3 Å². The van der Waals surface area contributed by atoms with Crippen LogP contribution in [0.3, 0.4) is 0 Å². The largest absolute Gasteiger partial charge is 0.444 e. The zero-order valence-electron chi connectivity index (χ0n) is 15.6. The molecule has 0 radical (unpaired) electrons.